The zero-order chi connectivity index (χ0) is 21.7. The molecule has 164 valence electrons. The molecular weight excluding hydrogens is 424 g/mol. The van der Waals surface area contributed by atoms with Crippen LogP contribution in [0.25, 0.3) is 21.3 Å². The molecule has 1 amide bonds. The van der Waals surface area contributed by atoms with Gasteiger partial charge in [-0.05, 0) is 56.0 Å². The molecule has 1 aromatic carbocycles. The van der Waals surface area contributed by atoms with Crippen LogP contribution in [0.4, 0.5) is 0 Å². The summed E-state index contributed by atoms with van der Waals surface area (Å²) in [5.41, 5.74) is 1.52. The number of nitrogens with one attached hydrogen (secondary N) is 1. The minimum Gasteiger partial charge on any atom is -0.460 e. The van der Waals surface area contributed by atoms with Crippen molar-refractivity contribution in [3.05, 3.63) is 48.4 Å². The Labute approximate surface area is 189 Å². The second kappa shape index (κ2) is 7.86. The van der Waals surface area contributed by atoms with Crippen LogP contribution in [0.2, 0.25) is 0 Å². The van der Waals surface area contributed by atoms with Gasteiger partial charge in [-0.3, -0.25) is 9.69 Å². The minimum absolute atomic E-state index is 0.0697. The van der Waals surface area contributed by atoms with Crippen molar-refractivity contribution in [1.82, 2.24) is 20.2 Å². The first-order valence-electron chi connectivity index (χ1n) is 11.1. The SMILES string of the molecule is CC(=O)NC1C[C@H]2CC[C@@H](C1)N2Cc1cc2ccc(Oc3nc4ncccc4s3)cc2o1. The van der Waals surface area contributed by atoms with Crippen LogP contribution in [0.3, 0.4) is 0 Å². The minimum atomic E-state index is 0.0697. The Kier molecular flexibility index (Phi) is 4.84. The molecule has 32 heavy (non-hydrogen) atoms. The highest BCUT2D eigenvalue weighted by atomic mass is 32.1. The average Bonchev–Trinajstić information content (AvgIpc) is 3.41. The Morgan fingerprint density at radius 2 is 2.09 bits per heavy atom. The number of thiazole rings is 1. The number of nitrogens with zero attached hydrogens (tertiary/aromatic N) is 3. The van der Waals surface area contributed by atoms with Crippen molar-refractivity contribution in [1.29, 1.82) is 0 Å². The largest absolute Gasteiger partial charge is 0.460 e. The van der Waals surface area contributed by atoms with Crippen molar-refractivity contribution in [2.45, 2.75) is 57.3 Å². The Balaban J connectivity index is 1.17. The summed E-state index contributed by atoms with van der Waals surface area (Å²) in [5.74, 6) is 1.74. The maximum atomic E-state index is 11.4. The molecular formula is C24H24N4O3S. The van der Waals surface area contributed by atoms with Crippen molar-refractivity contribution in [3.63, 3.8) is 0 Å². The van der Waals surface area contributed by atoms with Gasteiger partial charge in [-0.1, -0.05) is 11.3 Å². The smallest absolute Gasteiger partial charge is 0.281 e. The van der Waals surface area contributed by atoms with Gasteiger partial charge in [-0.25, -0.2) is 4.98 Å². The molecule has 0 aliphatic carbocycles. The molecule has 0 spiro atoms. The Bertz CT molecular complexity index is 1250. The van der Waals surface area contributed by atoms with Crippen molar-refractivity contribution in [2.75, 3.05) is 0 Å². The van der Waals surface area contributed by atoms with Crippen LogP contribution in [-0.4, -0.2) is 38.9 Å². The summed E-state index contributed by atoms with van der Waals surface area (Å²) >= 11 is 1.48. The predicted molar refractivity (Wildman–Crippen MR) is 123 cm³/mol. The molecule has 2 fully saturated rings. The molecule has 5 heterocycles. The lowest BCUT2D eigenvalue weighted by molar-refractivity contribution is -0.120. The van der Waals surface area contributed by atoms with Crippen molar-refractivity contribution in [2.24, 2.45) is 0 Å². The number of piperidine rings is 1. The molecule has 0 saturated carbocycles. The number of carbonyl (C=O) groups excluding carboxylic acids is 1. The van der Waals surface area contributed by atoms with Gasteiger partial charge in [-0.15, -0.1) is 0 Å². The number of ether oxygens (including phenoxy) is 1. The van der Waals surface area contributed by atoms with E-state index in [1.54, 1.807) is 13.1 Å². The number of hydrogen-bond acceptors (Lipinski definition) is 7. The number of carbonyl (C=O) groups is 1. The number of benzene rings is 1. The average molecular weight is 449 g/mol. The van der Waals surface area contributed by atoms with Crippen LogP contribution in [-0.2, 0) is 11.3 Å². The number of furan rings is 1. The zero-order valence-corrected chi connectivity index (χ0v) is 18.6. The maximum Gasteiger partial charge on any atom is 0.281 e. The summed E-state index contributed by atoms with van der Waals surface area (Å²) in [6.45, 7) is 2.41. The van der Waals surface area contributed by atoms with Gasteiger partial charge >= 0.3 is 0 Å². The van der Waals surface area contributed by atoms with E-state index in [-0.39, 0.29) is 5.91 Å². The van der Waals surface area contributed by atoms with Crippen molar-refractivity contribution < 1.29 is 13.9 Å². The van der Waals surface area contributed by atoms with Crippen molar-refractivity contribution in [3.8, 4) is 10.9 Å². The highest BCUT2D eigenvalue weighted by Gasteiger charge is 2.41. The van der Waals surface area contributed by atoms with Gasteiger partial charge < -0.3 is 14.5 Å². The van der Waals surface area contributed by atoms with E-state index in [0.29, 0.717) is 34.7 Å². The zero-order valence-electron chi connectivity index (χ0n) is 17.8. The fourth-order valence-corrected chi connectivity index (χ4v) is 6.01. The molecule has 2 bridgehead atoms. The number of pyridine rings is 1. The first-order valence-corrected chi connectivity index (χ1v) is 11.9. The first kappa shape index (κ1) is 19.7. The fraction of sp³-hybridized carbons (Fsp3) is 0.375. The number of hydrogen-bond donors (Lipinski definition) is 1. The van der Waals surface area contributed by atoms with Crippen LogP contribution in [0, 0.1) is 0 Å². The number of amides is 1. The van der Waals surface area contributed by atoms with Gasteiger partial charge in [0.2, 0.25) is 5.91 Å². The van der Waals surface area contributed by atoms with Crippen LogP contribution in [0.1, 0.15) is 38.4 Å². The van der Waals surface area contributed by atoms with E-state index in [9.17, 15) is 4.79 Å². The monoisotopic (exact) mass is 448 g/mol. The van der Waals surface area contributed by atoms with Gasteiger partial charge in [0, 0.05) is 42.7 Å². The van der Waals surface area contributed by atoms with Crippen LogP contribution in [0.5, 0.6) is 10.9 Å². The van der Waals surface area contributed by atoms with Gasteiger partial charge in [0.15, 0.2) is 5.65 Å². The van der Waals surface area contributed by atoms with Crippen molar-refractivity contribution >= 4 is 38.6 Å². The summed E-state index contributed by atoms with van der Waals surface area (Å²) < 4.78 is 13.2. The number of rotatable bonds is 5. The first-order chi connectivity index (χ1) is 15.6. The van der Waals surface area contributed by atoms with E-state index in [4.69, 9.17) is 9.15 Å². The van der Waals surface area contributed by atoms with E-state index in [1.165, 1.54) is 24.2 Å². The molecule has 2 aliphatic heterocycles. The quantitative estimate of drug-likeness (QED) is 0.470. The highest BCUT2D eigenvalue weighted by Crippen LogP contribution is 2.38. The lowest BCUT2D eigenvalue weighted by Gasteiger charge is -2.38. The topological polar surface area (TPSA) is 80.5 Å². The van der Waals surface area contributed by atoms with Gasteiger partial charge in [0.1, 0.15) is 17.1 Å². The molecule has 3 aromatic heterocycles. The Hall–Kier alpha value is -2.97. The predicted octanol–water partition coefficient (Wildman–Crippen LogP) is 4.86. The summed E-state index contributed by atoms with van der Waals surface area (Å²) in [6, 6.07) is 13.2. The van der Waals surface area contributed by atoms with E-state index in [0.717, 1.165) is 40.8 Å². The lowest BCUT2D eigenvalue weighted by atomic mass is 9.97. The third kappa shape index (κ3) is 3.73. The fourth-order valence-electron chi connectivity index (χ4n) is 5.22. The normalized spacial score (nSPS) is 23.1. The summed E-state index contributed by atoms with van der Waals surface area (Å²) in [4.78, 5) is 22.7. The van der Waals surface area contributed by atoms with E-state index in [2.05, 4.69) is 26.3 Å². The third-order valence-corrected chi connectivity index (χ3v) is 7.41. The molecule has 7 nitrogen and oxygen atoms in total. The van der Waals surface area contributed by atoms with E-state index < -0.39 is 0 Å². The molecule has 1 N–H and O–H groups in total. The molecule has 4 aromatic rings. The van der Waals surface area contributed by atoms with Crippen LogP contribution in [0.15, 0.2) is 47.0 Å². The maximum absolute atomic E-state index is 11.4. The van der Waals surface area contributed by atoms with Crippen LogP contribution < -0.4 is 10.1 Å². The molecule has 6 rings (SSSR count). The van der Waals surface area contributed by atoms with E-state index >= 15 is 0 Å². The van der Waals surface area contributed by atoms with Gasteiger partial charge in [-0.2, -0.15) is 4.98 Å². The van der Waals surface area contributed by atoms with E-state index in [1.807, 2.05) is 30.3 Å². The Morgan fingerprint density at radius 3 is 2.88 bits per heavy atom. The summed E-state index contributed by atoms with van der Waals surface area (Å²) in [5, 5.41) is 4.75. The molecule has 8 heteroatoms. The van der Waals surface area contributed by atoms with Gasteiger partial charge in [0.05, 0.1) is 11.2 Å². The van der Waals surface area contributed by atoms with Crippen LogP contribution >= 0.6 is 11.3 Å². The second-order valence-electron chi connectivity index (χ2n) is 8.75. The van der Waals surface area contributed by atoms with Gasteiger partial charge in [0.25, 0.3) is 5.19 Å². The summed E-state index contributed by atoms with van der Waals surface area (Å²) in [6.07, 6.45) is 6.15. The number of aromatic nitrogens is 2. The molecule has 2 aliphatic rings. The highest BCUT2D eigenvalue weighted by molar-refractivity contribution is 7.20. The summed E-state index contributed by atoms with van der Waals surface area (Å²) in [7, 11) is 0. The molecule has 1 unspecified atom stereocenters. The number of fused-ring (bicyclic) bond motifs is 4. The standard InChI is InChI=1S/C24H24N4O3S/c1-14(29)26-16-10-17-5-6-18(11-16)28(17)13-20-9-15-4-7-19(12-21(15)30-20)31-24-27-23-22(32-24)3-2-8-25-23/h2-4,7-9,12,16-18H,5-6,10-11,13H2,1H3,(H,26,29)/t16?,17-,18+. The Morgan fingerprint density at radius 1 is 1.25 bits per heavy atom. The molecule has 2 saturated heterocycles. The molecule has 3 atom stereocenters. The third-order valence-electron chi connectivity index (χ3n) is 6.52. The molecule has 0 radical (unpaired) electrons. The lowest BCUT2D eigenvalue weighted by Crippen LogP contribution is -2.49. The second-order valence-corrected chi connectivity index (χ2v) is 9.74.